The van der Waals surface area contributed by atoms with Gasteiger partial charge in [0.05, 0.1) is 17.6 Å². The number of benzene rings is 2. The fourth-order valence-electron chi connectivity index (χ4n) is 3.47. The van der Waals surface area contributed by atoms with Crippen LogP contribution in [0.15, 0.2) is 85.2 Å². The molecule has 3 aromatic rings. The Morgan fingerprint density at radius 2 is 1.54 bits per heavy atom. The zero-order chi connectivity index (χ0) is 17.8. The molecular weight excluding hydrogens is 322 g/mol. The number of rotatable bonds is 5. The lowest BCUT2D eigenvalue weighted by atomic mass is 9.93. The van der Waals surface area contributed by atoms with Crippen LogP contribution >= 0.6 is 0 Å². The van der Waals surface area contributed by atoms with Gasteiger partial charge in [0.25, 0.3) is 5.91 Å². The summed E-state index contributed by atoms with van der Waals surface area (Å²) < 4.78 is 0. The van der Waals surface area contributed by atoms with Crippen molar-refractivity contribution in [1.29, 1.82) is 0 Å². The second-order valence-electron chi connectivity index (χ2n) is 6.59. The van der Waals surface area contributed by atoms with Crippen molar-refractivity contribution in [3.8, 4) is 0 Å². The number of likely N-dealkylation sites (tertiary alicyclic amines) is 1. The maximum atomic E-state index is 12.3. The van der Waals surface area contributed by atoms with Crippen molar-refractivity contribution in [2.75, 3.05) is 13.1 Å². The number of aromatic nitrogens is 1. The molecule has 2 aromatic carbocycles. The van der Waals surface area contributed by atoms with Crippen molar-refractivity contribution < 1.29 is 4.79 Å². The Morgan fingerprint density at radius 1 is 0.923 bits per heavy atom. The molecule has 0 radical (unpaired) electrons. The van der Waals surface area contributed by atoms with Gasteiger partial charge in [0.1, 0.15) is 0 Å². The lowest BCUT2D eigenvalue weighted by Gasteiger charge is -2.45. The van der Waals surface area contributed by atoms with E-state index in [-0.39, 0.29) is 18.0 Å². The molecule has 4 nitrogen and oxygen atoms in total. The van der Waals surface area contributed by atoms with Crippen molar-refractivity contribution in [2.24, 2.45) is 0 Å². The summed E-state index contributed by atoms with van der Waals surface area (Å²) >= 11 is 0. The molecule has 4 heteroatoms. The maximum Gasteiger partial charge on any atom is 0.253 e. The van der Waals surface area contributed by atoms with Crippen LogP contribution in [-0.4, -0.2) is 34.9 Å². The molecular formula is C22H21N3O. The minimum absolute atomic E-state index is 0.0567. The van der Waals surface area contributed by atoms with Crippen molar-refractivity contribution in [3.05, 3.63) is 102 Å². The van der Waals surface area contributed by atoms with E-state index < -0.39 is 0 Å². The number of carbonyl (C=O) groups is 1. The van der Waals surface area contributed by atoms with Crippen LogP contribution in [0.1, 0.15) is 27.5 Å². The lowest BCUT2D eigenvalue weighted by molar-refractivity contribution is 0.0718. The first kappa shape index (κ1) is 16.5. The summed E-state index contributed by atoms with van der Waals surface area (Å²) in [5.74, 6) is -0.0567. The highest BCUT2D eigenvalue weighted by molar-refractivity contribution is 5.94. The van der Waals surface area contributed by atoms with Gasteiger partial charge in [-0.15, -0.1) is 0 Å². The molecule has 1 amide bonds. The molecule has 0 unspecified atom stereocenters. The van der Waals surface area contributed by atoms with E-state index in [2.05, 4.69) is 63.7 Å². The number of carbonyl (C=O) groups excluding carboxylic acids is 1. The summed E-state index contributed by atoms with van der Waals surface area (Å²) in [6.45, 7) is 1.67. The fourth-order valence-corrected chi connectivity index (χ4v) is 3.47. The topological polar surface area (TPSA) is 45.2 Å². The SMILES string of the molecule is O=C(NC1CN(C(c2ccccc2)c2ccccc2)C1)c1cccnc1. The number of nitrogens with one attached hydrogen (secondary N) is 1. The molecule has 4 rings (SSSR count). The average molecular weight is 343 g/mol. The predicted molar refractivity (Wildman–Crippen MR) is 102 cm³/mol. The molecule has 1 aliphatic rings. The Bertz CT molecular complexity index is 807. The Labute approximate surface area is 153 Å². The minimum atomic E-state index is -0.0567. The molecule has 0 saturated carbocycles. The molecule has 0 bridgehead atoms. The summed E-state index contributed by atoms with van der Waals surface area (Å²) in [5, 5.41) is 3.10. The molecule has 0 spiro atoms. The molecule has 1 N–H and O–H groups in total. The van der Waals surface area contributed by atoms with Gasteiger partial charge in [0, 0.05) is 25.5 Å². The van der Waals surface area contributed by atoms with E-state index in [9.17, 15) is 4.79 Å². The van der Waals surface area contributed by atoms with E-state index in [0.717, 1.165) is 13.1 Å². The summed E-state index contributed by atoms with van der Waals surface area (Å²) in [7, 11) is 0. The van der Waals surface area contributed by atoms with E-state index in [4.69, 9.17) is 0 Å². The highest BCUT2D eigenvalue weighted by Gasteiger charge is 2.34. The van der Waals surface area contributed by atoms with Crippen molar-refractivity contribution in [1.82, 2.24) is 15.2 Å². The number of nitrogens with zero attached hydrogens (tertiary/aromatic N) is 2. The quantitative estimate of drug-likeness (QED) is 0.773. The molecule has 1 fully saturated rings. The van der Waals surface area contributed by atoms with E-state index in [1.807, 2.05) is 12.1 Å². The molecule has 1 saturated heterocycles. The third kappa shape index (κ3) is 3.51. The van der Waals surface area contributed by atoms with Crippen LogP contribution in [0.4, 0.5) is 0 Å². The van der Waals surface area contributed by atoms with Gasteiger partial charge < -0.3 is 5.32 Å². The zero-order valence-corrected chi connectivity index (χ0v) is 14.5. The normalized spacial score (nSPS) is 14.8. The average Bonchev–Trinajstić information content (AvgIpc) is 2.68. The van der Waals surface area contributed by atoms with E-state index >= 15 is 0 Å². The lowest BCUT2D eigenvalue weighted by Crippen LogP contribution is -2.60. The monoisotopic (exact) mass is 343 g/mol. The van der Waals surface area contributed by atoms with Crippen LogP contribution in [0, 0.1) is 0 Å². The Morgan fingerprint density at radius 3 is 2.08 bits per heavy atom. The highest BCUT2D eigenvalue weighted by Crippen LogP contribution is 2.32. The number of hydrogen-bond acceptors (Lipinski definition) is 3. The zero-order valence-electron chi connectivity index (χ0n) is 14.5. The van der Waals surface area contributed by atoms with Gasteiger partial charge >= 0.3 is 0 Å². The third-order valence-corrected chi connectivity index (χ3v) is 4.76. The number of hydrogen-bond donors (Lipinski definition) is 1. The second-order valence-corrected chi connectivity index (χ2v) is 6.59. The second kappa shape index (κ2) is 7.50. The Kier molecular flexibility index (Phi) is 4.75. The molecule has 26 heavy (non-hydrogen) atoms. The van der Waals surface area contributed by atoms with Crippen LogP contribution in [0.25, 0.3) is 0 Å². The number of amides is 1. The van der Waals surface area contributed by atoms with Crippen molar-refractivity contribution in [2.45, 2.75) is 12.1 Å². The molecule has 1 aromatic heterocycles. The van der Waals surface area contributed by atoms with Crippen molar-refractivity contribution in [3.63, 3.8) is 0 Å². The minimum Gasteiger partial charge on any atom is -0.347 e. The van der Waals surface area contributed by atoms with Gasteiger partial charge in [-0.25, -0.2) is 0 Å². The van der Waals surface area contributed by atoms with E-state index in [1.165, 1.54) is 11.1 Å². The smallest absolute Gasteiger partial charge is 0.253 e. The van der Waals surface area contributed by atoms with Crippen LogP contribution in [0.5, 0.6) is 0 Å². The summed E-state index contributed by atoms with van der Waals surface area (Å²) in [5.41, 5.74) is 3.15. The first-order valence-corrected chi connectivity index (χ1v) is 8.86. The fraction of sp³-hybridized carbons (Fsp3) is 0.182. The first-order chi connectivity index (χ1) is 12.8. The molecule has 1 aliphatic heterocycles. The maximum absolute atomic E-state index is 12.3. The van der Waals surface area contributed by atoms with Crippen molar-refractivity contribution >= 4 is 5.91 Å². The van der Waals surface area contributed by atoms with Crippen LogP contribution in [-0.2, 0) is 0 Å². The van der Waals surface area contributed by atoms with Gasteiger partial charge in [-0.05, 0) is 23.3 Å². The predicted octanol–water partition coefficient (Wildman–Crippen LogP) is 3.29. The summed E-state index contributed by atoms with van der Waals surface area (Å²) in [6.07, 6.45) is 3.27. The molecule has 130 valence electrons. The third-order valence-electron chi connectivity index (χ3n) is 4.76. The first-order valence-electron chi connectivity index (χ1n) is 8.86. The standard InChI is InChI=1S/C22H21N3O/c26-22(19-12-7-13-23-14-19)24-20-15-25(16-20)21(17-8-3-1-4-9-17)18-10-5-2-6-11-18/h1-14,20-21H,15-16H2,(H,24,26). The van der Waals surface area contributed by atoms with Crippen LogP contribution < -0.4 is 5.32 Å². The van der Waals surface area contributed by atoms with Gasteiger partial charge in [-0.2, -0.15) is 0 Å². The van der Waals surface area contributed by atoms with E-state index in [0.29, 0.717) is 5.56 Å². The van der Waals surface area contributed by atoms with Crippen LogP contribution in [0.3, 0.4) is 0 Å². The van der Waals surface area contributed by atoms with Gasteiger partial charge in [0.15, 0.2) is 0 Å². The van der Waals surface area contributed by atoms with Crippen LogP contribution in [0.2, 0.25) is 0 Å². The summed E-state index contributed by atoms with van der Waals surface area (Å²) in [4.78, 5) is 18.7. The summed E-state index contributed by atoms with van der Waals surface area (Å²) in [6, 6.07) is 25.0. The largest absolute Gasteiger partial charge is 0.347 e. The van der Waals surface area contributed by atoms with E-state index in [1.54, 1.807) is 24.5 Å². The molecule has 2 heterocycles. The molecule has 0 aliphatic carbocycles. The number of pyridine rings is 1. The van der Waals surface area contributed by atoms with Gasteiger partial charge in [-0.3, -0.25) is 14.7 Å². The Hall–Kier alpha value is -2.98. The van der Waals surface area contributed by atoms with Gasteiger partial charge in [-0.1, -0.05) is 60.7 Å². The Balaban J connectivity index is 1.45. The van der Waals surface area contributed by atoms with Gasteiger partial charge in [0.2, 0.25) is 0 Å². The molecule has 0 atom stereocenters. The highest BCUT2D eigenvalue weighted by atomic mass is 16.1.